The molecule has 3 spiro atoms. The van der Waals surface area contributed by atoms with E-state index in [4.69, 9.17) is 94.8 Å². The number of carbonyl (C=O) groups is 6. The first-order valence-electron chi connectivity index (χ1n) is 38.0. The average molecular weight is 1740 g/mol. The number of amides is 6. The lowest BCUT2D eigenvalue weighted by atomic mass is 9.88. The normalized spacial score (nSPS) is 16.1. The number of fused-ring (bicyclic) bond motifs is 1. The zero-order valence-electron chi connectivity index (χ0n) is 64.7. The molecule has 4 aromatic heterocycles. The van der Waals surface area contributed by atoms with Gasteiger partial charge < -0.3 is 79.0 Å². The Bertz CT molecular complexity index is 5580. The monoisotopic (exact) mass is 1740 g/mol. The number of aromatic nitrogens is 8. The van der Waals surface area contributed by atoms with Gasteiger partial charge in [-0.1, -0.05) is 106 Å². The molecule has 0 bridgehead atoms. The number of guanidine groups is 3. The molecule has 19 N–H and O–H groups in total. The molecule has 3 fully saturated rings. The van der Waals surface area contributed by atoms with Crippen LogP contribution in [-0.4, -0.2) is 212 Å². The fourth-order valence-electron chi connectivity index (χ4n) is 14.1. The van der Waals surface area contributed by atoms with E-state index < -0.39 is 33.3 Å². The second-order valence-corrected chi connectivity index (χ2v) is 32.3. The van der Waals surface area contributed by atoms with Crippen molar-refractivity contribution in [1.29, 1.82) is 0 Å². The summed E-state index contributed by atoms with van der Waals surface area (Å²) >= 11 is 23.5. The number of anilines is 6. The standard InChI is InChI=1S/C30H30ClN9O4S.C24H26Cl2N10O3.C23H29ClN8O4/c31-24-26(33)37-25(32)23(36-24)27(41)38-29-34-17-30(39-29)12-14-40(15-13-30)28(42)20-10-8-18(9-11-20)16-35-45(43,44)22-7-3-5-19-4-1-2-6-21(19)22;25-14-6-4-13(5-7-14)21-30-15(39-35-21)2-1-3-16(37)36-10-8-24(9-11-36)12-29-23(34-24)33-22(38)17-19(27)32-20(28)18(26)31-17;1-35-10-3-11-36-15-5-2-4-14(12-15)21(34)32-8-6-23(7-9-32)13-27-22(31-23)30-20(33)16-18(25)29-19(26)17(24)28-16/h1-11,35H,12-17H2,(H4,32,33,37)(H2,34,38,39,41);4-7H,1-3,8-12H2,(H4,27,28,32)(H2,29,33,34,38);2,4-5,12H,3,6-11,13H2,1H3,(H4,25,26,29)(H2,27,30,31,33). The molecule has 0 aliphatic carbocycles. The number of hydrogen-bond donors (Lipinski definition) is 13. The Morgan fingerprint density at radius 1 is 0.517 bits per heavy atom. The van der Waals surface area contributed by atoms with Gasteiger partial charge in [0.2, 0.25) is 27.6 Å². The molecule has 0 unspecified atom stereocenters. The van der Waals surface area contributed by atoms with Crippen LogP contribution in [0.1, 0.15) is 121 Å². The van der Waals surface area contributed by atoms with Crippen molar-refractivity contribution in [3.63, 3.8) is 0 Å². The molecule has 9 aromatic rings. The predicted molar refractivity (Wildman–Crippen MR) is 451 cm³/mol. The van der Waals surface area contributed by atoms with Gasteiger partial charge in [0, 0.05) is 106 Å². The van der Waals surface area contributed by atoms with Crippen molar-refractivity contribution in [2.45, 2.75) is 92.3 Å². The van der Waals surface area contributed by atoms with Crippen LogP contribution >= 0.6 is 46.4 Å². The molecule has 628 valence electrons. The molecule has 6 aliphatic rings. The fraction of sp³-hybridized carbons (Fsp3) is 0.338. The second kappa shape index (κ2) is 37.3. The van der Waals surface area contributed by atoms with Crippen LogP contribution in [0.15, 0.2) is 140 Å². The summed E-state index contributed by atoms with van der Waals surface area (Å²) in [5.74, 6) is 0.0490. The second-order valence-electron chi connectivity index (χ2n) is 29.0. The summed E-state index contributed by atoms with van der Waals surface area (Å²) in [5, 5.41) is 23.6. The van der Waals surface area contributed by atoms with Gasteiger partial charge in [-0.05, 0) is 117 Å². The van der Waals surface area contributed by atoms with E-state index in [1.54, 1.807) is 78.7 Å². The lowest BCUT2D eigenvalue weighted by molar-refractivity contribution is -0.132. The Labute approximate surface area is 707 Å². The molecule has 3 saturated heterocycles. The zero-order chi connectivity index (χ0) is 85.0. The maximum Gasteiger partial charge on any atom is 0.280 e. The van der Waals surface area contributed by atoms with Crippen LogP contribution in [0, 0.1) is 0 Å². The number of aliphatic imine (C=N–C) groups is 3. The maximum atomic E-state index is 13.3. The van der Waals surface area contributed by atoms with Crippen molar-refractivity contribution in [3.05, 3.63) is 175 Å². The summed E-state index contributed by atoms with van der Waals surface area (Å²) in [6, 6.07) is 33.8. The molecule has 0 saturated carbocycles. The van der Waals surface area contributed by atoms with E-state index >= 15 is 0 Å². The number of nitrogens with one attached hydrogen (secondary N) is 7. The number of methoxy groups -OCH3 is 1. The van der Waals surface area contributed by atoms with Gasteiger partial charge in [0.25, 0.3) is 29.5 Å². The first kappa shape index (κ1) is 85.5. The Morgan fingerprint density at radius 3 is 1.48 bits per heavy atom. The van der Waals surface area contributed by atoms with Gasteiger partial charge in [0.15, 0.2) is 85.3 Å². The quantitative estimate of drug-likeness (QED) is 0.0448. The number of ether oxygens (including phenoxy) is 2. The summed E-state index contributed by atoms with van der Waals surface area (Å²) in [4.78, 5) is 124. The molecule has 38 nitrogen and oxygen atoms in total. The van der Waals surface area contributed by atoms with E-state index in [0.29, 0.717) is 181 Å². The largest absolute Gasteiger partial charge is 0.493 e. The summed E-state index contributed by atoms with van der Waals surface area (Å²) in [5.41, 5.74) is 35.1. The minimum atomic E-state index is -3.75. The lowest BCUT2D eigenvalue weighted by Crippen LogP contribution is -2.57. The van der Waals surface area contributed by atoms with Gasteiger partial charge in [0.1, 0.15) is 5.75 Å². The number of piperidine rings is 3. The Hall–Kier alpha value is -12.4. The van der Waals surface area contributed by atoms with Crippen LogP contribution in [0.25, 0.3) is 22.2 Å². The van der Waals surface area contributed by atoms with Gasteiger partial charge >= 0.3 is 0 Å². The number of nitrogen functional groups attached to an aromatic ring is 6. The molecule has 43 heteroatoms. The first-order valence-corrected chi connectivity index (χ1v) is 40.9. The number of likely N-dealkylation sites (tertiary alicyclic amines) is 3. The van der Waals surface area contributed by atoms with Crippen LogP contribution in [-0.2, 0) is 32.5 Å². The third-order valence-corrected chi connectivity index (χ3v) is 23.4. The van der Waals surface area contributed by atoms with Crippen LogP contribution in [0.5, 0.6) is 5.75 Å². The molecule has 15 rings (SSSR count). The number of aryl methyl sites for hydroxylation is 1. The summed E-state index contributed by atoms with van der Waals surface area (Å²) in [6.07, 6.45) is 6.21. The van der Waals surface area contributed by atoms with Crippen molar-refractivity contribution in [2.24, 2.45) is 15.0 Å². The highest BCUT2D eigenvalue weighted by Crippen LogP contribution is 2.33. The fourth-order valence-corrected chi connectivity index (χ4v) is 15.8. The minimum absolute atomic E-state index is 0.0473. The van der Waals surface area contributed by atoms with Crippen LogP contribution < -0.4 is 75.8 Å². The van der Waals surface area contributed by atoms with Crippen molar-refractivity contribution in [3.8, 4) is 17.1 Å². The average Bonchev–Trinajstić information content (AvgIpc) is 1.37. The molecular weight excluding hydrogens is 1650 g/mol. The van der Waals surface area contributed by atoms with Gasteiger partial charge in [0.05, 0.1) is 47.8 Å². The van der Waals surface area contributed by atoms with Crippen molar-refractivity contribution < 1.29 is 51.2 Å². The number of nitrogens with zero attached hydrogens (tertiary/aromatic N) is 14. The number of halogens is 4. The number of sulfonamides is 1. The molecule has 0 radical (unpaired) electrons. The number of carbonyl (C=O) groups excluding carboxylic acids is 6. The molecule has 120 heavy (non-hydrogen) atoms. The predicted octanol–water partition coefficient (Wildman–Crippen LogP) is 5.43. The number of hydrogen-bond acceptors (Lipinski definition) is 31. The van der Waals surface area contributed by atoms with Crippen molar-refractivity contribution in [1.82, 2.24) is 91.4 Å². The molecule has 6 amide bonds. The number of rotatable bonds is 19. The Kier molecular flexibility index (Phi) is 26.5. The third-order valence-electron chi connectivity index (χ3n) is 20.8. The van der Waals surface area contributed by atoms with E-state index in [2.05, 4.69) is 91.6 Å². The lowest BCUT2D eigenvalue weighted by Gasteiger charge is -2.39. The van der Waals surface area contributed by atoms with E-state index in [1.807, 2.05) is 58.3 Å². The number of nitrogens with two attached hydrogens (primary N) is 6. The Balaban J connectivity index is 0.000000157. The zero-order valence-corrected chi connectivity index (χ0v) is 68.5. The van der Waals surface area contributed by atoms with Crippen LogP contribution in [0.4, 0.5) is 34.9 Å². The van der Waals surface area contributed by atoms with E-state index in [1.165, 1.54) is 0 Å². The molecular formula is C77H85Cl4N27O11S. The topological polar surface area (TPSA) is 558 Å². The van der Waals surface area contributed by atoms with Gasteiger partial charge in [-0.25, -0.2) is 43.0 Å². The summed E-state index contributed by atoms with van der Waals surface area (Å²) < 4.78 is 44.8. The highest BCUT2D eigenvalue weighted by Gasteiger charge is 2.44. The Morgan fingerprint density at radius 2 is 0.983 bits per heavy atom. The van der Waals surface area contributed by atoms with Gasteiger partial charge in [-0.3, -0.25) is 59.7 Å². The SMILES string of the molecule is COCCCOc1cccc(C(=O)N2CCC3(CC2)CN=C(NC(=O)c2nc(Cl)c(N)nc2N)N3)c1.Nc1nc(N)c(C(=O)NC2=NCC3(CCN(C(=O)CCCc4nc(-c5ccc(Cl)cc5)no4)CC3)N2)nc1Cl.Nc1nc(N)c(C(=O)NC2=NCC3(CCN(C(=O)c4ccc(CNS(=O)(=O)c5cccc6ccccc56)cc4)CC3)N2)nc1Cl. The third kappa shape index (κ3) is 20.6. The summed E-state index contributed by atoms with van der Waals surface area (Å²) in [7, 11) is -2.11. The van der Waals surface area contributed by atoms with Crippen molar-refractivity contribution in [2.75, 3.05) is 114 Å². The van der Waals surface area contributed by atoms with Crippen molar-refractivity contribution >= 4 is 155 Å². The number of benzene rings is 5. The highest BCUT2D eigenvalue weighted by molar-refractivity contribution is 7.89. The minimum Gasteiger partial charge on any atom is -0.493 e. The summed E-state index contributed by atoms with van der Waals surface area (Å²) in [6.45, 7) is 5.83. The smallest absolute Gasteiger partial charge is 0.280 e. The maximum absolute atomic E-state index is 13.3. The van der Waals surface area contributed by atoms with E-state index in [-0.39, 0.29) is 114 Å². The highest BCUT2D eigenvalue weighted by atomic mass is 35.5. The first-order chi connectivity index (χ1) is 57.5. The van der Waals surface area contributed by atoms with E-state index in [9.17, 15) is 37.2 Å². The molecule has 10 heterocycles. The van der Waals surface area contributed by atoms with Crippen LogP contribution in [0.3, 0.4) is 0 Å². The van der Waals surface area contributed by atoms with Gasteiger partial charge in [-0.2, -0.15) is 4.98 Å². The van der Waals surface area contributed by atoms with E-state index in [0.717, 1.165) is 22.9 Å². The molecule has 5 aromatic carbocycles. The van der Waals surface area contributed by atoms with Gasteiger partial charge in [-0.15, -0.1) is 0 Å². The molecule has 0 atom stereocenters. The molecule has 6 aliphatic heterocycles. The van der Waals surface area contributed by atoms with Crippen LogP contribution in [0.2, 0.25) is 20.5 Å².